The highest BCUT2D eigenvalue weighted by Gasteiger charge is 2.33. The lowest BCUT2D eigenvalue weighted by atomic mass is 9.81. The summed E-state index contributed by atoms with van der Waals surface area (Å²) in [7, 11) is 4.68. The third-order valence-corrected chi connectivity index (χ3v) is 6.32. The van der Waals surface area contributed by atoms with Gasteiger partial charge in [-0.15, -0.1) is 0 Å². The minimum Gasteiger partial charge on any atom is -0.493 e. The molecule has 0 amide bonds. The number of esters is 1. The van der Waals surface area contributed by atoms with Crippen LogP contribution in [0.2, 0.25) is 0 Å². The first-order valence-corrected chi connectivity index (χ1v) is 11.2. The van der Waals surface area contributed by atoms with Crippen LogP contribution in [0.25, 0.3) is 0 Å². The van der Waals surface area contributed by atoms with Crippen molar-refractivity contribution in [1.29, 1.82) is 0 Å². The van der Waals surface area contributed by atoms with Crippen molar-refractivity contribution in [1.82, 2.24) is 4.98 Å². The van der Waals surface area contributed by atoms with E-state index in [2.05, 4.69) is 4.98 Å². The van der Waals surface area contributed by atoms with Crippen LogP contribution in [-0.2, 0) is 17.6 Å². The molecule has 4 rings (SSSR count). The van der Waals surface area contributed by atoms with Gasteiger partial charge in [-0.2, -0.15) is 0 Å². The smallest absolute Gasteiger partial charge is 0.355 e. The van der Waals surface area contributed by atoms with E-state index in [1.807, 2.05) is 42.5 Å². The summed E-state index contributed by atoms with van der Waals surface area (Å²) in [5.41, 5.74) is 4.35. The Hall–Kier alpha value is -3.74. The number of hydrogen-bond donors (Lipinski definition) is 1. The number of fused-ring (bicyclic) bond motifs is 1. The second-order valence-corrected chi connectivity index (χ2v) is 8.34. The van der Waals surface area contributed by atoms with Crippen molar-refractivity contribution in [3.8, 4) is 17.2 Å². The van der Waals surface area contributed by atoms with Gasteiger partial charge in [0.25, 0.3) is 0 Å². The zero-order valence-electron chi connectivity index (χ0n) is 19.9. The van der Waals surface area contributed by atoms with Crippen molar-refractivity contribution in [3.05, 3.63) is 76.1 Å². The molecular formula is C27H29NO6. The Morgan fingerprint density at radius 2 is 1.68 bits per heavy atom. The van der Waals surface area contributed by atoms with Gasteiger partial charge in [0.2, 0.25) is 5.75 Å². The molecule has 0 aliphatic heterocycles. The number of methoxy groups -OCH3 is 3. The monoisotopic (exact) mass is 463 g/mol. The Morgan fingerprint density at radius 1 is 1.00 bits per heavy atom. The molecule has 0 saturated carbocycles. The van der Waals surface area contributed by atoms with Crippen LogP contribution in [0.3, 0.4) is 0 Å². The number of carbonyl (C=O) groups excluding carboxylic acids is 2. The lowest BCUT2D eigenvalue weighted by Gasteiger charge is -2.24. The average Bonchev–Trinajstić information content (AvgIpc) is 3.20. The Kier molecular flexibility index (Phi) is 6.91. The molecule has 7 heteroatoms. The van der Waals surface area contributed by atoms with Crippen molar-refractivity contribution < 1.29 is 28.5 Å². The molecule has 0 spiro atoms. The molecule has 7 nitrogen and oxygen atoms in total. The van der Waals surface area contributed by atoms with Crippen LogP contribution < -0.4 is 14.2 Å². The summed E-state index contributed by atoms with van der Waals surface area (Å²) < 4.78 is 21.8. The maximum absolute atomic E-state index is 13.1. The van der Waals surface area contributed by atoms with Crippen LogP contribution in [0, 0.1) is 6.92 Å². The molecule has 1 heterocycles. The Balaban J connectivity index is 1.54. The number of ketones is 1. The first-order chi connectivity index (χ1) is 16.5. The maximum atomic E-state index is 13.1. The number of aromatic nitrogens is 1. The highest BCUT2D eigenvalue weighted by atomic mass is 16.5. The molecule has 1 atom stereocenters. The normalized spacial score (nSPS) is 14.9. The van der Waals surface area contributed by atoms with Crippen molar-refractivity contribution >= 4 is 11.8 Å². The first-order valence-electron chi connectivity index (χ1n) is 11.2. The standard InChI is InChI=1S/C27H29NO6/c1-16-24-20(28-25(16)27(30)34-11-10-17-8-6-5-7-9-17)12-18(13-21(24)29)19-14-22(31-2)26(33-4)23(15-19)32-3/h5-9,14-15,18,28H,10-13H2,1-4H3/t18-/m0/s1. The van der Waals surface area contributed by atoms with Gasteiger partial charge >= 0.3 is 5.97 Å². The number of ether oxygens (including phenoxy) is 4. The second kappa shape index (κ2) is 10.0. The van der Waals surface area contributed by atoms with Crippen molar-refractivity contribution in [2.24, 2.45) is 0 Å². The summed E-state index contributed by atoms with van der Waals surface area (Å²) >= 11 is 0. The molecule has 1 aliphatic rings. The first kappa shape index (κ1) is 23.4. The second-order valence-electron chi connectivity index (χ2n) is 8.34. The lowest BCUT2D eigenvalue weighted by molar-refractivity contribution is 0.0502. The summed E-state index contributed by atoms with van der Waals surface area (Å²) in [6, 6.07) is 13.6. The third kappa shape index (κ3) is 4.51. The Morgan fingerprint density at radius 3 is 2.29 bits per heavy atom. The molecule has 0 radical (unpaired) electrons. The van der Waals surface area contributed by atoms with Crippen LogP contribution in [-0.4, -0.2) is 44.7 Å². The number of H-pyrrole nitrogens is 1. The van der Waals surface area contributed by atoms with E-state index in [0.29, 0.717) is 53.3 Å². The van der Waals surface area contributed by atoms with E-state index < -0.39 is 5.97 Å². The molecule has 0 unspecified atom stereocenters. The Labute approximate surface area is 199 Å². The maximum Gasteiger partial charge on any atom is 0.355 e. The van der Waals surface area contributed by atoms with E-state index >= 15 is 0 Å². The summed E-state index contributed by atoms with van der Waals surface area (Å²) in [5, 5.41) is 0. The van der Waals surface area contributed by atoms with Gasteiger partial charge in [-0.3, -0.25) is 4.79 Å². The number of hydrogen-bond acceptors (Lipinski definition) is 6. The number of carbonyl (C=O) groups is 2. The molecule has 178 valence electrons. The van der Waals surface area contributed by atoms with Gasteiger partial charge in [0.1, 0.15) is 5.69 Å². The summed E-state index contributed by atoms with van der Waals surface area (Å²) in [6.07, 6.45) is 1.54. The van der Waals surface area contributed by atoms with Gasteiger partial charge in [-0.05, 0) is 48.1 Å². The van der Waals surface area contributed by atoms with Gasteiger partial charge in [0, 0.05) is 24.1 Å². The molecule has 0 saturated heterocycles. The minimum atomic E-state index is -0.444. The molecule has 34 heavy (non-hydrogen) atoms. The van der Waals surface area contributed by atoms with Crippen LogP contribution in [0.4, 0.5) is 0 Å². The predicted octanol–water partition coefficient (Wildman–Crippen LogP) is 4.66. The third-order valence-electron chi connectivity index (χ3n) is 6.32. The zero-order valence-corrected chi connectivity index (χ0v) is 19.9. The van der Waals surface area contributed by atoms with E-state index in [1.54, 1.807) is 28.3 Å². The molecule has 0 bridgehead atoms. The van der Waals surface area contributed by atoms with E-state index in [0.717, 1.165) is 16.8 Å². The number of nitrogens with one attached hydrogen (secondary N) is 1. The zero-order chi connectivity index (χ0) is 24.2. The van der Waals surface area contributed by atoms with E-state index in [9.17, 15) is 9.59 Å². The molecule has 1 N–H and O–H groups in total. The fourth-order valence-corrected chi connectivity index (χ4v) is 4.59. The fraction of sp³-hybridized carbons (Fsp3) is 0.333. The lowest BCUT2D eigenvalue weighted by Crippen LogP contribution is -2.19. The molecule has 0 fully saturated rings. The number of benzene rings is 2. The number of rotatable bonds is 8. The van der Waals surface area contributed by atoms with Gasteiger partial charge < -0.3 is 23.9 Å². The van der Waals surface area contributed by atoms with Crippen molar-refractivity contribution in [2.75, 3.05) is 27.9 Å². The van der Waals surface area contributed by atoms with Crippen LogP contribution in [0.5, 0.6) is 17.2 Å². The molecule has 1 aliphatic carbocycles. The Bertz CT molecular complexity index is 1170. The van der Waals surface area contributed by atoms with Crippen LogP contribution >= 0.6 is 0 Å². The fourth-order valence-electron chi connectivity index (χ4n) is 4.59. The summed E-state index contributed by atoms with van der Waals surface area (Å²) in [5.74, 6) is 1.06. The van der Waals surface area contributed by atoms with E-state index in [4.69, 9.17) is 18.9 Å². The number of Topliss-reactive ketones (excluding diaryl/α,β-unsaturated/α-hetero) is 1. The average molecular weight is 464 g/mol. The van der Waals surface area contributed by atoms with Gasteiger partial charge in [0.15, 0.2) is 17.3 Å². The molecule has 3 aromatic rings. The summed E-state index contributed by atoms with van der Waals surface area (Å²) in [6.45, 7) is 2.06. The quantitative estimate of drug-likeness (QED) is 0.489. The summed E-state index contributed by atoms with van der Waals surface area (Å²) in [4.78, 5) is 29.0. The molecule has 2 aromatic carbocycles. The van der Waals surface area contributed by atoms with Crippen LogP contribution in [0.15, 0.2) is 42.5 Å². The van der Waals surface area contributed by atoms with E-state index in [-0.39, 0.29) is 18.3 Å². The highest BCUT2D eigenvalue weighted by molar-refractivity contribution is 6.03. The SMILES string of the molecule is COc1cc([C@@H]2CC(=O)c3c([nH]c(C(=O)OCCc4ccccc4)c3C)C2)cc(OC)c1OC. The predicted molar refractivity (Wildman–Crippen MR) is 127 cm³/mol. The van der Waals surface area contributed by atoms with Gasteiger partial charge in [-0.1, -0.05) is 30.3 Å². The molecule has 1 aromatic heterocycles. The minimum absolute atomic E-state index is 0.00270. The van der Waals surface area contributed by atoms with E-state index in [1.165, 1.54) is 0 Å². The topological polar surface area (TPSA) is 86.9 Å². The van der Waals surface area contributed by atoms with Crippen LogP contribution in [0.1, 0.15) is 55.6 Å². The highest BCUT2D eigenvalue weighted by Crippen LogP contribution is 2.43. The van der Waals surface area contributed by atoms with Gasteiger partial charge in [0.05, 0.1) is 27.9 Å². The largest absolute Gasteiger partial charge is 0.493 e. The van der Waals surface area contributed by atoms with Crippen molar-refractivity contribution in [2.45, 2.75) is 32.1 Å². The number of aromatic amines is 1. The molecular weight excluding hydrogens is 434 g/mol. The van der Waals surface area contributed by atoms with Gasteiger partial charge in [-0.25, -0.2) is 4.79 Å². The van der Waals surface area contributed by atoms with Crippen molar-refractivity contribution in [3.63, 3.8) is 0 Å².